The first-order chi connectivity index (χ1) is 11.1. The van der Waals surface area contributed by atoms with Crippen LogP contribution in [0, 0.1) is 0 Å². The molecule has 124 valence electrons. The molecule has 0 fully saturated rings. The van der Waals surface area contributed by atoms with Crippen LogP contribution in [0.25, 0.3) is 10.9 Å². The molecule has 1 heterocycles. The summed E-state index contributed by atoms with van der Waals surface area (Å²) in [4.78, 5) is 27.7. The van der Waals surface area contributed by atoms with Crippen molar-refractivity contribution in [3.05, 3.63) is 40.2 Å². The standard InChI is InChI=1S/C16H20N2O4S/c1-22-11-3-4-12-14(7-11)17-8-13(15(12)20)16(21)18-10(9-19)5-6-23-2/h3-4,7-8,10,19H,5-6,9H2,1-2H3,(H,17,20)(H,18,21)/t10-/m0/s1. The molecule has 1 aromatic carbocycles. The SMILES string of the molecule is COc1ccc2c(=O)c(C(=O)N[C@H](CO)CCSC)c[nH]c2c1. The number of aromatic nitrogens is 1. The summed E-state index contributed by atoms with van der Waals surface area (Å²) in [6, 6.07) is 4.64. The van der Waals surface area contributed by atoms with E-state index in [1.807, 2.05) is 6.26 Å². The van der Waals surface area contributed by atoms with Crippen molar-refractivity contribution in [2.45, 2.75) is 12.5 Å². The van der Waals surface area contributed by atoms with Crippen molar-refractivity contribution in [2.75, 3.05) is 25.7 Å². The lowest BCUT2D eigenvalue weighted by Crippen LogP contribution is -2.39. The second kappa shape index (κ2) is 8.03. The molecule has 2 rings (SSSR count). The number of rotatable bonds is 7. The molecule has 0 radical (unpaired) electrons. The maximum Gasteiger partial charge on any atom is 0.257 e. The van der Waals surface area contributed by atoms with E-state index in [4.69, 9.17) is 4.74 Å². The maximum absolute atomic E-state index is 12.5. The van der Waals surface area contributed by atoms with Crippen LogP contribution in [0.15, 0.2) is 29.2 Å². The number of hydrogen-bond acceptors (Lipinski definition) is 5. The molecule has 0 aliphatic carbocycles. The number of nitrogens with one attached hydrogen (secondary N) is 2. The van der Waals surface area contributed by atoms with Crippen molar-refractivity contribution in [3.63, 3.8) is 0 Å². The Morgan fingerprint density at radius 3 is 2.91 bits per heavy atom. The van der Waals surface area contributed by atoms with E-state index in [0.29, 0.717) is 23.1 Å². The second-order valence-corrected chi connectivity index (χ2v) is 6.06. The number of ether oxygens (including phenoxy) is 1. The average Bonchev–Trinajstić information content (AvgIpc) is 2.58. The van der Waals surface area contributed by atoms with Gasteiger partial charge < -0.3 is 20.1 Å². The van der Waals surface area contributed by atoms with Crippen molar-refractivity contribution in [2.24, 2.45) is 0 Å². The van der Waals surface area contributed by atoms with Crippen LogP contribution < -0.4 is 15.5 Å². The fraction of sp³-hybridized carbons (Fsp3) is 0.375. The molecule has 6 nitrogen and oxygen atoms in total. The lowest BCUT2D eigenvalue weighted by molar-refractivity contribution is 0.0914. The van der Waals surface area contributed by atoms with Crippen molar-refractivity contribution in [1.82, 2.24) is 10.3 Å². The number of aliphatic hydroxyl groups is 1. The van der Waals surface area contributed by atoms with Crippen LogP contribution in [0.5, 0.6) is 5.75 Å². The Balaban J connectivity index is 2.27. The molecular weight excluding hydrogens is 316 g/mol. The van der Waals surface area contributed by atoms with Crippen LogP contribution in [0.3, 0.4) is 0 Å². The molecule has 23 heavy (non-hydrogen) atoms. The van der Waals surface area contributed by atoms with E-state index in [2.05, 4.69) is 10.3 Å². The van der Waals surface area contributed by atoms with Crippen LogP contribution in [0.4, 0.5) is 0 Å². The number of thioether (sulfide) groups is 1. The summed E-state index contributed by atoms with van der Waals surface area (Å²) in [5, 5.41) is 12.4. The molecule has 0 saturated carbocycles. The molecule has 0 aliphatic rings. The molecule has 1 aromatic heterocycles. The highest BCUT2D eigenvalue weighted by molar-refractivity contribution is 7.98. The summed E-state index contributed by atoms with van der Waals surface area (Å²) in [5.74, 6) is 0.964. The molecule has 1 amide bonds. The minimum Gasteiger partial charge on any atom is -0.497 e. The highest BCUT2D eigenvalue weighted by Crippen LogP contribution is 2.16. The fourth-order valence-electron chi connectivity index (χ4n) is 2.23. The Morgan fingerprint density at radius 2 is 2.26 bits per heavy atom. The molecule has 0 saturated heterocycles. The lowest BCUT2D eigenvalue weighted by Gasteiger charge is -2.15. The van der Waals surface area contributed by atoms with E-state index in [1.54, 1.807) is 37.1 Å². The number of pyridine rings is 1. The van der Waals surface area contributed by atoms with E-state index < -0.39 is 5.91 Å². The van der Waals surface area contributed by atoms with Crippen molar-refractivity contribution >= 4 is 28.6 Å². The third-order valence-corrected chi connectivity index (χ3v) is 4.20. The summed E-state index contributed by atoms with van der Waals surface area (Å²) >= 11 is 1.63. The zero-order chi connectivity index (χ0) is 16.8. The van der Waals surface area contributed by atoms with Gasteiger partial charge in [0.15, 0.2) is 0 Å². The molecule has 1 atom stereocenters. The number of aliphatic hydroxyl groups excluding tert-OH is 1. The minimum absolute atomic E-state index is 0.0327. The predicted octanol–water partition coefficient (Wildman–Crippen LogP) is 1.38. The first kappa shape index (κ1) is 17.4. The number of methoxy groups -OCH3 is 1. The molecule has 7 heteroatoms. The number of H-pyrrole nitrogens is 1. The predicted molar refractivity (Wildman–Crippen MR) is 92.5 cm³/mol. The van der Waals surface area contributed by atoms with Crippen molar-refractivity contribution in [3.8, 4) is 5.75 Å². The topological polar surface area (TPSA) is 91.4 Å². The normalized spacial score (nSPS) is 12.1. The lowest BCUT2D eigenvalue weighted by atomic mass is 10.1. The minimum atomic E-state index is -0.482. The third-order valence-electron chi connectivity index (χ3n) is 3.56. The number of amides is 1. The van der Waals surface area contributed by atoms with Gasteiger partial charge in [0, 0.05) is 17.6 Å². The average molecular weight is 336 g/mol. The van der Waals surface area contributed by atoms with E-state index in [1.165, 1.54) is 6.20 Å². The smallest absolute Gasteiger partial charge is 0.257 e. The maximum atomic E-state index is 12.5. The Hall–Kier alpha value is -1.99. The van der Waals surface area contributed by atoms with Crippen LogP contribution in [-0.4, -0.2) is 47.8 Å². The van der Waals surface area contributed by atoms with Gasteiger partial charge in [-0.25, -0.2) is 0 Å². The summed E-state index contributed by atoms with van der Waals surface area (Å²) in [5.41, 5.74) is 0.290. The summed E-state index contributed by atoms with van der Waals surface area (Å²) in [6.45, 7) is -0.158. The zero-order valence-corrected chi connectivity index (χ0v) is 13.9. The van der Waals surface area contributed by atoms with E-state index in [9.17, 15) is 14.7 Å². The Kier molecular flexibility index (Phi) is 6.06. The van der Waals surface area contributed by atoms with Gasteiger partial charge in [-0.2, -0.15) is 11.8 Å². The van der Waals surface area contributed by atoms with Gasteiger partial charge in [0.2, 0.25) is 5.43 Å². The van der Waals surface area contributed by atoms with Crippen molar-refractivity contribution < 1.29 is 14.6 Å². The van der Waals surface area contributed by atoms with Crippen LogP contribution in [0.2, 0.25) is 0 Å². The first-order valence-electron chi connectivity index (χ1n) is 7.20. The summed E-state index contributed by atoms with van der Waals surface area (Å²) < 4.78 is 5.11. The number of carbonyl (C=O) groups is 1. The summed E-state index contributed by atoms with van der Waals surface area (Å²) in [7, 11) is 1.55. The van der Waals surface area contributed by atoms with Gasteiger partial charge in [-0.05, 0) is 30.6 Å². The van der Waals surface area contributed by atoms with E-state index in [-0.39, 0.29) is 23.6 Å². The van der Waals surface area contributed by atoms with E-state index in [0.717, 1.165) is 5.75 Å². The molecule has 0 aliphatic heterocycles. The van der Waals surface area contributed by atoms with Crippen molar-refractivity contribution in [1.29, 1.82) is 0 Å². The number of carbonyl (C=O) groups excluding carboxylic acids is 1. The number of hydrogen-bond donors (Lipinski definition) is 3. The second-order valence-electron chi connectivity index (χ2n) is 5.08. The van der Waals surface area contributed by atoms with Gasteiger partial charge in [0.1, 0.15) is 11.3 Å². The van der Waals surface area contributed by atoms with Gasteiger partial charge in [-0.15, -0.1) is 0 Å². The molecule has 0 bridgehead atoms. The zero-order valence-electron chi connectivity index (χ0n) is 13.1. The summed E-state index contributed by atoms with van der Waals surface area (Å²) in [6.07, 6.45) is 3.99. The number of aromatic amines is 1. The third kappa shape index (κ3) is 4.05. The Bertz CT molecular complexity index is 744. The van der Waals surface area contributed by atoms with Gasteiger partial charge in [-0.1, -0.05) is 0 Å². The highest BCUT2D eigenvalue weighted by atomic mass is 32.2. The first-order valence-corrected chi connectivity index (χ1v) is 8.60. The van der Waals surface area contributed by atoms with Gasteiger partial charge in [0.05, 0.1) is 25.3 Å². The van der Waals surface area contributed by atoms with Crippen LogP contribution >= 0.6 is 11.8 Å². The van der Waals surface area contributed by atoms with E-state index >= 15 is 0 Å². The number of benzene rings is 1. The molecule has 0 spiro atoms. The molecule has 3 N–H and O–H groups in total. The molecule has 2 aromatic rings. The van der Waals surface area contributed by atoms with Gasteiger partial charge in [0.25, 0.3) is 5.91 Å². The van der Waals surface area contributed by atoms with Crippen LogP contribution in [0.1, 0.15) is 16.8 Å². The fourth-order valence-corrected chi connectivity index (χ4v) is 2.75. The monoisotopic (exact) mass is 336 g/mol. The number of fused-ring (bicyclic) bond motifs is 1. The Labute approximate surface area is 138 Å². The van der Waals surface area contributed by atoms with Gasteiger partial charge in [-0.3, -0.25) is 9.59 Å². The largest absolute Gasteiger partial charge is 0.497 e. The highest BCUT2D eigenvalue weighted by Gasteiger charge is 2.17. The molecule has 0 unspecified atom stereocenters. The molecular formula is C16H20N2O4S. The Morgan fingerprint density at radius 1 is 1.48 bits per heavy atom. The van der Waals surface area contributed by atoms with Gasteiger partial charge >= 0.3 is 0 Å². The quantitative estimate of drug-likeness (QED) is 0.710. The van der Waals surface area contributed by atoms with Crippen LogP contribution in [-0.2, 0) is 0 Å².